The summed E-state index contributed by atoms with van der Waals surface area (Å²) >= 11 is 0. The van der Waals surface area contributed by atoms with Gasteiger partial charge in [0, 0.05) is 55.4 Å². The Morgan fingerprint density at radius 3 is 2.46 bits per heavy atom. The highest BCUT2D eigenvalue weighted by Gasteiger charge is 2.20. The van der Waals surface area contributed by atoms with Gasteiger partial charge in [0.05, 0.1) is 36.3 Å². The van der Waals surface area contributed by atoms with E-state index in [1.54, 1.807) is 50.7 Å². The van der Waals surface area contributed by atoms with E-state index in [9.17, 15) is 9.00 Å². The first-order valence-corrected chi connectivity index (χ1v) is 12.7. The summed E-state index contributed by atoms with van der Waals surface area (Å²) in [6, 6.07) is 16.4. The molecule has 3 aromatic rings. The van der Waals surface area contributed by atoms with Crippen molar-refractivity contribution in [2.75, 3.05) is 57.7 Å². The summed E-state index contributed by atoms with van der Waals surface area (Å²) in [7, 11) is 3.70. The largest absolute Gasteiger partial charge is 0.497 e. The summed E-state index contributed by atoms with van der Waals surface area (Å²) in [4.78, 5) is 22.0. The van der Waals surface area contributed by atoms with E-state index in [2.05, 4.69) is 27.1 Å². The number of pyridine rings is 1. The van der Waals surface area contributed by atoms with E-state index in [0.29, 0.717) is 17.2 Å². The third kappa shape index (κ3) is 5.98. The van der Waals surface area contributed by atoms with Gasteiger partial charge in [-0.15, -0.1) is 0 Å². The van der Waals surface area contributed by atoms with Crippen molar-refractivity contribution in [3.8, 4) is 11.5 Å². The van der Waals surface area contributed by atoms with Crippen molar-refractivity contribution in [3.63, 3.8) is 0 Å². The summed E-state index contributed by atoms with van der Waals surface area (Å²) in [5.41, 5.74) is 2.82. The van der Waals surface area contributed by atoms with Gasteiger partial charge in [0.15, 0.2) is 0 Å². The lowest BCUT2D eigenvalue weighted by molar-refractivity contribution is 0.102. The van der Waals surface area contributed by atoms with E-state index in [1.165, 1.54) is 0 Å². The van der Waals surface area contributed by atoms with Gasteiger partial charge < -0.3 is 24.6 Å². The number of nitrogens with one attached hydrogen (secondary N) is 1. The highest BCUT2D eigenvalue weighted by molar-refractivity contribution is 7.84. The van der Waals surface area contributed by atoms with E-state index >= 15 is 0 Å². The maximum absolute atomic E-state index is 13.2. The topological polar surface area (TPSA) is 84.0 Å². The number of hydrogen-bond donors (Lipinski definition) is 1. The molecule has 8 nitrogen and oxygen atoms in total. The third-order valence-corrected chi connectivity index (χ3v) is 7.34. The number of methoxy groups -OCH3 is 2. The molecular weight excluding hydrogens is 464 g/mol. The Kier molecular flexibility index (Phi) is 7.99. The van der Waals surface area contributed by atoms with Crippen LogP contribution in [0, 0.1) is 0 Å². The fourth-order valence-electron chi connectivity index (χ4n) is 3.94. The van der Waals surface area contributed by atoms with Crippen LogP contribution in [0.1, 0.15) is 15.9 Å². The minimum atomic E-state index is -1.56. The van der Waals surface area contributed by atoms with E-state index < -0.39 is 10.8 Å². The van der Waals surface area contributed by atoms with Gasteiger partial charge in [-0.1, -0.05) is 6.07 Å². The Morgan fingerprint density at radius 2 is 1.77 bits per heavy atom. The Balaban J connectivity index is 1.47. The van der Waals surface area contributed by atoms with Crippen LogP contribution < -0.4 is 19.7 Å². The number of benzene rings is 2. The molecule has 0 saturated carbocycles. The van der Waals surface area contributed by atoms with Crippen LogP contribution in [0.5, 0.6) is 11.5 Å². The zero-order valence-corrected chi connectivity index (χ0v) is 21.0. The second kappa shape index (κ2) is 11.3. The van der Waals surface area contributed by atoms with Gasteiger partial charge in [-0.05, 0) is 49.5 Å². The van der Waals surface area contributed by atoms with Gasteiger partial charge >= 0.3 is 0 Å². The predicted octanol–water partition coefficient (Wildman–Crippen LogP) is 3.41. The molecule has 0 aliphatic carbocycles. The molecule has 1 N–H and O–H groups in total. The molecule has 1 unspecified atom stereocenters. The maximum atomic E-state index is 13.2. The second-order valence-corrected chi connectivity index (χ2v) is 9.68. The number of hydrogen-bond acceptors (Lipinski definition) is 7. The van der Waals surface area contributed by atoms with E-state index in [0.717, 1.165) is 37.4 Å². The van der Waals surface area contributed by atoms with Crippen LogP contribution in [0.2, 0.25) is 0 Å². The zero-order chi connectivity index (χ0) is 24.8. The molecule has 1 aliphatic rings. The first kappa shape index (κ1) is 24.7. The van der Waals surface area contributed by atoms with Crippen LogP contribution in [-0.4, -0.2) is 67.4 Å². The van der Waals surface area contributed by atoms with Crippen LogP contribution in [0.25, 0.3) is 0 Å². The summed E-state index contributed by atoms with van der Waals surface area (Å²) in [6.45, 7) is 4.02. The summed E-state index contributed by atoms with van der Waals surface area (Å²) in [6.07, 6.45) is 1.54. The molecule has 2 aromatic carbocycles. The SMILES string of the molecule is COc1ccc(CS(=O)c2ncccc2C(=O)Nc2ccc(N3CCN(C)CC3)cc2)c(OC)c1. The smallest absolute Gasteiger partial charge is 0.258 e. The number of carbonyl (C=O) groups is 1. The molecule has 35 heavy (non-hydrogen) atoms. The third-order valence-electron chi connectivity index (χ3n) is 6.01. The summed E-state index contributed by atoms with van der Waals surface area (Å²) in [5, 5.41) is 3.14. The molecule has 1 aromatic heterocycles. The molecule has 0 spiro atoms. The number of rotatable bonds is 8. The average molecular weight is 495 g/mol. The second-order valence-electron chi connectivity index (χ2n) is 8.32. The average Bonchev–Trinajstić information content (AvgIpc) is 2.89. The van der Waals surface area contributed by atoms with Gasteiger partial charge in [-0.3, -0.25) is 9.00 Å². The fourth-order valence-corrected chi connectivity index (χ4v) is 5.19. The number of aromatic nitrogens is 1. The number of likely N-dealkylation sites (N-methyl/N-ethyl adjacent to an activating group) is 1. The number of carbonyl (C=O) groups excluding carboxylic acids is 1. The molecule has 4 rings (SSSR count). The first-order chi connectivity index (χ1) is 17.0. The zero-order valence-electron chi connectivity index (χ0n) is 20.2. The normalized spacial score (nSPS) is 14.9. The van der Waals surface area contributed by atoms with Crippen LogP contribution in [0.15, 0.2) is 65.8 Å². The molecule has 1 saturated heterocycles. The number of ether oxygens (including phenoxy) is 2. The monoisotopic (exact) mass is 494 g/mol. The first-order valence-electron chi connectivity index (χ1n) is 11.4. The number of nitrogens with zero attached hydrogens (tertiary/aromatic N) is 3. The van der Waals surface area contributed by atoms with E-state index in [1.807, 2.05) is 24.3 Å². The van der Waals surface area contributed by atoms with Crippen molar-refractivity contribution in [2.45, 2.75) is 10.8 Å². The minimum Gasteiger partial charge on any atom is -0.497 e. The molecule has 184 valence electrons. The quantitative estimate of drug-likeness (QED) is 0.514. The number of anilines is 2. The molecule has 0 bridgehead atoms. The van der Waals surface area contributed by atoms with Crippen molar-refractivity contribution in [3.05, 3.63) is 71.9 Å². The van der Waals surface area contributed by atoms with Crippen LogP contribution in [0.4, 0.5) is 11.4 Å². The molecule has 2 heterocycles. The lowest BCUT2D eigenvalue weighted by atomic mass is 10.2. The van der Waals surface area contributed by atoms with Gasteiger partial charge in [0.2, 0.25) is 0 Å². The summed E-state index contributed by atoms with van der Waals surface area (Å²) < 4.78 is 23.9. The van der Waals surface area contributed by atoms with E-state index in [-0.39, 0.29) is 22.2 Å². The van der Waals surface area contributed by atoms with Crippen LogP contribution >= 0.6 is 0 Å². The minimum absolute atomic E-state index is 0.157. The van der Waals surface area contributed by atoms with Crippen molar-refractivity contribution in [1.29, 1.82) is 0 Å². The fraction of sp³-hybridized carbons (Fsp3) is 0.308. The lowest BCUT2D eigenvalue weighted by Gasteiger charge is -2.34. The lowest BCUT2D eigenvalue weighted by Crippen LogP contribution is -2.44. The highest BCUT2D eigenvalue weighted by atomic mass is 32.2. The summed E-state index contributed by atoms with van der Waals surface area (Å²) in [5.74, 6) is 1.02. The Labute approximate surface area is 208 Å². The Bertz CT molecular complexity index is 1190. The van der Waals surface area contributed by atoms with Gasteiger partial charge in [-0.25, -0.2) is 4.98 Å². The van der Waals surface area contributed by atoms with Crippen molar-refractivity contribution in [1.82, 2.24) is 9.88 Å². The Hall–Kier alpha value is -3.43. The maximum Gasteiger partial charge on any atom is 0.258 e. The Morgan fingerprint density at radius 1 is 1.03 bits per heavy atom. The van der Waals surface area contributed by atoms with Crippen molar-refractivity contribution in [2.24, 2.45) is 0 Å². The molecule has 1 aliphatic heterocycles. The predicted molar refractivity (Wildman–Crippen MR) is 138 cm³/mol. The van der Waals surface area contributed by atoms with E-state index in [4.69, 9.17) is 9.47 Å². The van der Waals surface area contributed by atoms with Gasteiger partial charge in [-0.2, -0.15) is 0 Å². The van der Waals surface area contributed by atoms with Gasteiger partial charge in [0.1, 0.15) is 16.5 Å². The molecular formula is C26H30N4O4S. The number of amides is 1. The highest BCUT2D eigenvalue weighted by Crippen LogP contribution is 2.27. The van der Waals surface area contributed by atoms with Crippen LogP contribution in [-0.2, 0) is 16.6 Å². The molecule has 1 fully saturated rings. The molecule has 1 atom stereocenters. The van der Waals surface area contributed by atoms with Crippen molar-refractivity contribution < 1.29 is 18.5 Å². The molecule has 1 amide bonds. The standard InChI is InChI=1S/C26H30N4O4S/c1-29-13-15-30(16-14-29)21-9-7-20(8-10-21)28-25(31)23-5-4-12-27-26(23)35(32)18-19-6-11-22(33-2)17-24(19)34-3/h4-12,17H,13-16,18H2,1-3H3,(H,28,31). The van der Waals surface area contributed by atoms with Crippen LogP contribution in [0.3, 0.4) is 0 Å². The molecule has 9 heteroatoms. The molecule has 0 radical (unpaired) electrons. The van der Waals surface area contributed by atoms with Crippen molar-refractivity contribution >= 4 is 28.1 Å². The number of piperazine rings is 1. The van der Waals surface area contributed by atoms with Gasteiger partial charge in [0.25, 0.3) is 5.91 Å².